The number of halogens is 1. The van der Waals surface area contributed by atoms with Gasteiger partial charge in [-0.1, -0.05) is 23.7 Å². The lowest BCUT2D eigenvalue weighted by molar-refractivity contribution is 0.0715. The minimum atomic E-state index is -0.709. The van der Waals surface area contributed by atoms with E-state index < -0.39 is 17.2 Å². The molecule has 2 heterocycles. The predicted molar refractivity (Wildman–Crippen MR) is 124 cm³/mol. The van der Waals surface area contributed by atoms with Crippen LogP contribution >= 0.6 is 11.6 Å². The first kappa shape index (κ1) is 21.8. The van der Waals surface area contributed by atoms with Crippen LogP contribution < -0.4 is 16.1 Å². The van der Waals surface area contributed by atoms with E-state index in [-0.39, 0.29) is 11.7 Å². The number of hydrogen-bond donors (Lipinski definition) is 0. The van der Waals surface area contributed by atoms with Crippen molar-refractivity contribution < 1.29 is 4.79 Å². The van der Waals surface area contributed by atoms with E-state index in [0.717, 1.165) is 14.9 Å². The Balaban J connectivity index is 1.63. The summed E-state index contributed by atoms with van der Waals surface area (Å²) in [5.74, 6) is -0.482. The van der Waals surface area contributed by atoms with Crippen molar-refractivity contribution in [1.29, 1.82) is 0 Å². The molecule has 8 nitrogen and oxygen atoms in total. The van der Waals surface area contributed by atoms with Gasteiger partial charge < -0.3 is 9.80 Å². The van der Waals surface area contributed by atoms with Gasteiger partial charge in [-0.2, -0.15) is 9.78 Å². The molecule has 0 radical (unpaired) electrons. The largest absolute Gasteiger partial charge is 0.365 e. The predicted octanol–water partition coefficient (Wildman–Crippen LogP) is 2.24. The van der Waals surface area contributed by atoms with Gasteiger partial charge in [-0.3, -0.25) is 14.2 Å². The Labute approximate surface area is 190 Å². The molecule has 0 bridgehead atoms. The minimum Gasteiger partial charge on any atom is -0.365 e. The fourth-order valence-electron chi connectivity index (χ4n) is 3.94. The Kier molecular flexibility index (Phi) is 5.88. The molecule has 0 unspecified atom stereocenters. The first-order valence-corrected chi connectivity index (χ1v) is 10.7. The number of benzene rings is 2. The molecule has 1 saturated heterocycles. The highest BCUT2D eigenvalue weighted by Gasteiger charge is 2.30. The third kappa shape index (κ3) is 4.05. The van der Waals surface area contributed by atoms with Gasteiger partial charge in [0.25, 0.3) is 11.5 Å². The molecular formula is C23H24ClN5O3. The summed E-state index contributed by atoms with van der Waals surface area (Å²) in [6.45, 7) is 5.61. The molecule has 0 aliphatic carbocycles. The second-order valence-corrected chi connectivity index (χ2v) is 8.45. The lowest BCUT2D eigenvalue weighted by Crippen LogP contribution is -2.55. The van der Waals surface area contributed by atoms with Crippen molar-refractivity contribution >= 4 is 23.2 Å². The van der Waals surface area contributed by atoms with Gasteiger partial charge in [-0.15, -0.1) is 0 Å². The van der Waals surface area contributed by atoms with Gasteiger partial charge in [0.05, 0.1) is 5.69 Å². The standard InChI is InChI=1S/C23H24ClN5O3/c1-15-5-4-6-19(13-15)28-12-11-27(14-16(28)2)22(31)20-21(30)26(3)23(32)29(25-20)18-9-7-17(24)8-10-18/h4-10,13,16H,11-12,14H2,1-3H3/t16-/m1/s1. The Morgan fingerprint density at radius 2 is 1.78 bits per heavy atom. The normalized spacial score (nSPS) is 16.3. The lowest BCUT2D eigenvalue weighted by Gasteiger charge is -2.41. The van der Waals surface area contributed by atoms with E-state index in [1.807, 2.05) is 26.0 Å². The van der Waals surface area contributed by atoms with E-state index in [1.54, 1.807) is 29.2 Å². The van der Waals surface area contributed by atoms with Crippen molar-refractivity contribution in [2.24, 2.45) is 7.05 Å². The Hall–Kier alpha value is -3.39. The molecule has 0 spiro atoms. The van der Waals surface area contributed by atoms with Crippen LogP contribution in [0.1, 0.15) is 23.0 Å². The number of aryl methyl sites for hydroxylation is 1. The summed E-state index contributed by atoms with van der Waals surface area (Å²) in [7, 11) is 1.34. The van der Waals surface area contributed by atoms with Crippen LogP contribution in [0.5, 0.6) is 0 Å². The Morgan fingerprint density at radius 1 is 1.06 bits per heavy atom. The molecule has 1 aromatic heterocycles. The second kappa shape index (κ2) is 8.63. The lowest BCUT2D eigenvalue weighted by atomic mass is 10.1. The first-order chi connectivity index (χ1) is 15.3. The molecule has 3 aromatic rings. The van der Waals surface area contributed by atoms with E-state index in [1.165, 1.54) is 12.6 Å². The summed E-state index contributed by atoms with van der Waals surface area (Å²) >= 11 is 5.93. The van der Waals surface area contributed by atoms with Gasteiger partial charge in [-0.05, 0) is 55.8 Å². The molecule has 1 fully saturated rings. The molecule has 1 amide bonds. The van der Waals surface area contributed by atoms with Crippen molar-refractivity contribution in [1.82, 2.24) is 19.2 Å². The number of carbonyl (C=O) groups is 1. The van der Waals surface area contributed by atoms with Gasteiger partial charge >= 0.3 is 5.69 Å². The van der Waals surface area contributed by atoms with Crippen molar-refractivity contribution in [3.05, 3.63) is 85.6 Å². The summed E-state index contributed by atoms with van der Waals surface area (Å²) in [5.41, 5.74) is 1.07. The topological polar surface area (TPSA) is 80.4 Å². The molecule has 166 valence electrons. The highest BCUT2D eigenvalue weighted by atomic mass is 35.5. The average Bonchev–Trinajstić information content (AvgIpc) is 2.78. The van der Waals surface area contributed by atoms with Crippen LogP contribution in [0.3, 0.4) is 0 Å². The fraction of sp³-hybridized carbons (Fsp3) is 0.304. The molecule has 1 aliphatic heterocycles. The average molecular weight is 454 g/mol. The van der Waals surface area contributed by atoms with E-state index in [4.69, 9.17) is 11.6 Å². The smallest absolute Gasteiger partial charge is 0.351 e. The van der Waals surface area contributed by atoms with Crippen LogP contribution in [-0.4, -0.2) is 50.8 Å². The summed E-state index contributed by atoms with van der Waals surface area (Å²) in [5, 5.41) is 4.65. The zero-order chi connectivity index (χ0) is 23.0. The maximum Gasteiger partial charge on any atom is 0.351 e. The molecular weight excluding hydrogens is 430 g/mol. The van der Waals surface area contributed by atoms with Gasteiger partial charge in [-0.25, -0.2) is 4.79 Å². The fourth-order valence-corrected chi connectivity index (χ4v) is 4.07. The van der Waals surface area contributed by atoms with Gasteiger partial charge in [0.15, 0.2) is 0 Å². The summed E-state index contributed by atoms with van der Waals surface area (Å²) < 4.78 is 1.96. The van der Waals surface area contributed by atoms with Crippen LogP contribution in [0.4, 0.5) is 5.69 Å². The second-order valence-electron chi connectivity index (χ2n) is 8.02. The summed E-state index contributed by atoms with van der Waals surface area (Å²) in [4.78, 5) is 42.5. The summed E-state index contributed by atoms with van der Waals surface area (Å²) in [6, 6.07) is 14.7. The third-order valence-corrected chi connectivity index (χ3v) is 5.95. The molecule has 4 rings (SSSR count). The van der Waals surface area contributed by atoms with E-state index in [2.05, 4.69) is 22.1 Å². The number of aromatic nitrogens is 3. The maximum atomic E-state index is 13.3. The Morgan fingerprint density at radius 3 is 2.44 bits per heavy atom. The van der Waals surface area contributed by atoms with Crippen LogP contribution in [0.2, 0.25) is 5.02 Å². The number of nitrogens with zero attached hydrogens (tertiary/aromatic N) is 5. The van der Waals surface area contributed by atoms with Gasteiger partial charge in [0.2, 0.25) is 5.69 Å². The first-order valence-electron chi connectivity index (χ1n) is 10.3. The number of rotatable bonds is 3. The number of amides is 1. The number of anilines is 1. The molecule has 1 atom stereocenters. The van der Waals surface area contributed by atoms with Crippen LogP contribution in [0.15, 0.2) is 58.1 Å². The van der Waals surface area contributed by atoms with Crippen LogP contribution in [0, 0.1) is 6.92 Å². The molecule has 9 heteroatoms. The zero-order valence-electron chi connectivity index (χ0n) is 18.2. The van der Waals surface area contributed by atoms with Crippen LogP contribution in [-0.2, 0) is 7.05 Å². The SMILES string of the molecule is Cc1cccc(N2CCN(C(=O)c3nn(-c4ccc(Cl)cc4)c(=O)n(C)c3=O)C[C@H]2C)c1. The molecule has 0 N–H and O–H groups in total. The summed E-state index contributed by atoms with van der Waals surface area (Å²) in [6.07, 6.45) is 0. The van der Waals surface area contributed by atoms with Crippen LogP contribution in [0.25, 0.3) is 5.69 Å². The maximum absolute atomic E-state index is 13.3. The zero-order valence-corrected chi connectivity index (χ0v) is 18.9. The van der Waals surface area contributed by atoms with E-state index in [9.17, 15) is 14.4 Å². The molecule has 32 heavy (non-hydrogen) atoms. The minimum absolute atomic E-state index is 0.0560. The third-order valence-electron chi connectivity index (χ3n) is 5.70. The van der Waals surface area contributed by atoms with E-state index >= 15 is 0 Å². The highest BCUT2D eigenvalue weighted by molar-refractivity contribution is 6.30. The molecule has 1 aliphatic rings. The van der Waals surface area contributed by atoms with Gasteiger partial charge in [0.1, 0.15) is 0 Å². The van der Waals surface area contributed by atoms with Crippen molar-refractivity contribution in [2.45, 2.75) is 19.9 Å². The van der Waals surface area contributed by atoms with Gasteiger partial charge in [0, 0.05) is 43.4 Å². The van der Waals surface area contributed by atoms with Crippen molar-refractivity contribution in [3.8, 4) is 5.69 Å². The molecule has 2 aromatic carbocycles. The number of piperazine rings is 1. The molecule has 0 saturated carbocycles. The Bertz CT molecular complexity index is 1280. The van der Waals surface area contributed by atoms with Crippen molar-refractivity contribution in [2.75, 3.05) is 24.5 Å². The number of carbonyl (C=O) groups excluding carboxylic acids is 1. The highest BCUT2D eigenvalue weighted by Crippen LogP contribution is 2.22. The monoisotopic (exact) mass is 453 g/mol. The quantitative estimate of drug-likeness (QED) is 0.607. The number of hydrogen-bond acceptors (Lipinski definition) is 5. The van der Waals surface area contributed by atoms with E-state index in [0.29, 0.717) is 30.3 Å². The van der Waals surface area contributed by atoms with Crippen molar-refractivity contribution in [3.63, 3.8) is 0 Å².